The number of nitrogen functional groups attached to an aromatic ring is 1. The van der Waals surface area contributed by atoms with Crippen molar-refractivity contribution in [3.63, 3.8) is 0 Å². The number of anilines is 2. The van der Waals surface area contributed by atoms with Gasteiger partial charge in [0.15, 0.2) is 0 Å². The van der Waals surface area contributed by atoms with Crippen LogP contribution in [0.1, 0.15) is 57.4 Å². The minimum absolute atomic E-state index is 0.0767. The summed E-state index contributed by atoms with van der Waals surface area (Å²) in [6, 6.07) is 15.1. The van der Waals surface area contributed by atoms with Crippen molar-refractivity contribution in [2.24, 2.45) is 5.92 Å². The van der Waals surface area contributed by atoms with E-state index in [1.54, 1.807) is 0 Å². The Morgan fingerprint density at radius 2 is 1.75 bits per heavy atom. The van der Waals surface area contributed by atoms with Crippen LogP contribution in [0.3, 0.4) is 0 Å². The number of hydrogen-bond acceptors (Lipinski definition) is 3. The van der Waals surface area contributed by atoms with Gasteiger partial charge in [-0.25, -0.2) is 4.39 Å². The number of hydrogen-bond donors (Lipinski definition) is 2. The second-order valence-electron chi connectivity index (χ2n) is 9.40. The van der Waals surface area contributed by atoms with Gasteiger partial charge in [-0.2, -0.15) is 0 Å². The van der Waals surface area contributed by atoms with Crippen LogP contribution in [-0.2, 0) is 0 Å². The number of nitrogens with one attached hydrogen (secondary N) is 1. The van der Waals surface area contributed by atoms with Gasteiger partial charge in [0.1, 0.15) is 19.0 Å². The molecule has 2 aromatic carbocycles. The van der Waals surface area contributed by atoms with Crippen molar-refractivity contribution in [1.29, 1.82) is 0 Å². The highest BCUT2D eigenvalue weighted by molar-refractivity contribution is 6.01. The van der Waals surface area contributed by atoms with Gasteiger partial charge in [0.05, 0.1) is 16.9 Å². The lowest BCUT2D eigenvalue weighted by Crippen LogP contribution is -2.18. The van der Waals surface area contributed by atoms with Crippen LogP contribution in [0.2, 0.25) is 0 Å². The fraction of sp³-hybridized carbons (Fsp3) is 0.481. The summed E-state index contributed by atoms with van der Waals surface area (Å²) in [5.74, 6) is 1.50. The van der Waals surface area contributed by atoms with Gasteiger partial charge in [-0.15, -0.1) is 0 Å². The van der Waals surface area contributed by atoms with Crippen molar-refractivity contribution in [1.82, 2.24) is 4.57 Å². The third-order valence-electron chi connectivity index (χ3n) is 7.28. The minimum atomic E-state index is -0.490. The monoisotopic (exact) mass is 435 g/mol. The summed E-state index contributed by atoms with van der Waals surface area (Å²) in [5, 5.41) is 4.68. The molecule has 5 rings (SSSR count). The zero-order valence-electron chi connectivity index (χ0n) is 18.8. The van der Waals surface area contributed by atoms with E-state index in [1.807, 2.05) is 18.2 Å². The maximum atomic E-state index is 12.6. The van der Waals surface area contributed by atoms with E-state index >= 15 is 0 Å². The molecule has 0 spiro atoms. The van der Waals surface area contributed by atoms with E-state index < -0.39 is 6.67 Å². The molecule has 170 valence electrons. The van der Waals surface area contributed by atoms with Gasteiger partial charge in [0, 0.05) is 35.3 Å². The molecule has 2 aliphatic carbocycles. The molecule has 2 fully saturated rings. The molecular weight excluding hydrogens is 401 g/mol. The van der Waals surface area contributed by atoms with Crippen LogP contribution in [-0.4, -0.2) is 24.4 Å². The highest BCUT2D eigenvalue weighted by Gasteiger charge is 2.27. The van der Waals surface area contributed by atoms with Gasteiger partial charge in [0.2, 0.25) is 0 Å². The van der Waals surface area contributed by atoms with E-state index in [4.69, 9.17) is 10.5 Å². The van der Waals surface area contributed by atoms with Crippen LogP contribution < -0.4 is 15.8 Å². The Hall–Kier alpha value is -2.69. The van der Waals surface area contributed by atoms with Crippen molar-refractivity contribution in [2.45, 2.75) is 57.4 Å². The summed E-state index contributed by atoms with van der Waals surface area (Å²) >= 11 is 0. The van der Waals surface area contributed by atoms with Crippen LogP contribution in [0.25, 0.3) is 22.2 Å². The smallest absolute Gasteiger partial charge is 0.123 e. The second-order valence-corrected chi connectivity index (χ2v) is 9.40. The van der Waals surface area contributed by atoms with Gasteiger partial charge in [0.25, 0.3) is 0 Å². The Morgan fingerprint density at radius 3 is 2.44 bits per heavy atom. The molecule has 0 saturated heterocycles. The van der Waals surface area contributed by atoms with Gasteiger partial charge in [-0.1, -0.05) is 31.4 Å². The first-order valence-electron chi connectivity index (χ1n) is 12.2. The Morgan fingerprint density at radius 1 is 0.969 bits per heavy atom. The number of halogens is 1. The van der Waals surface area contributed by atoms with Gasteiger partial charge >= 0.3 is 0 Å². The third-order valence-corrected chi connectivity index (χ3v) is 7.28. The molecule has 0 atom stereocenters. The first kappa shape index (κ1) is 21.2. The number of nitrogens with zero attached hydrogens (tertiary/aromatic N) is 1. The maximum absolute atomic E-state index is 12.6. The lowest BCUT2D eigenvalue weighted by molar-refractivity contribution is 0.273. The van der Waals surface area contributed by atoms with E-state index in [0.29, 0.717) is 11.8 Å². The molecule has 1 aromatic heterocycles. The zero-order chi connectivity index (χ0) is 21.9. The molecule has 32 heavy (non-hydrogen) atoms. The molecule has 4 nitrogen and oxygen atoms in total. The quantitative estimate of drug-likeness (QED) is 0.402. The molecule has 0 aliphatic heterocycles. The average molecular weight is 436 g/mol. The molecular formula is C27H34FN3O. The van der Waals surface area contributed by atoms with Crippen LogP contribution in [0, 0.1) is 5.92 Å². The summed E-state index contributed by atoms with van der Waals surface area (Å²) in [6.07, 6.45) is 10.4. The van der Waals surface area contributed by atoms with E-state index in [-0.39, 0.29) is 6.61 Å². The van der Waals surface area contributed by atoms with E-state index in [1.165, 1.54) is 44.2 Å². The average Bonchev–Trinajstić information content (AvgIpc) is 3.08. The number of rotatable bonds is 8. The molecule has 3 aromatic rings. The summed E-state index contributed by atoms with van der Waals surface area (Å²) in [5.41, 5.74) is 12.0. The Labute approximate surface area is 189 Å². The highest BCUT2D eigenvalue weighted by atomic mass is 19.1. The van der Waals surface area contributed by atoms with E-state index in [2.05, 4.69) is 34.1 Å². The van der Waals surface area contributed by atoms with Crippen molar-refractivity contribution in [3.05, 3.63) is 42.5 Å². The Balaban J connectivity index is 1.44. The summed E-state index contributed by atoms with van der Waals surface area (Å²) in [7, 11) is 0. The van der Waals surface area contributed by atoms with E-state index in [9.17, 15) is 4.39 Å². The number of alkyl halides is 1. The minimum Gasteiger partial charge on any atom is -0.491 e. The fourth-order valence-electron chi connectivity index (χ4n) is 5.28. The topological polar surface area (TPSA) is 52.2 Å². The SMILES string of the molecule is Nc1c(-c2ccc(NCC3CCCCC3)cc2)n(C2CCC2)c2cc(OCCF)ccc12. The summed E-state index contributed by atoms with van der Waals surface area (Å²) in [6.45, 7) is 0.648. The third kappa shape index (κ3) is 4.17. The van der Waals surface area contributed by atoms with Crippen molar-refractivity contribution >= 4 is 22.3 Å². The lowest BCUT2D eigenvalue weighted by Gasteiger charge is -2.30. The molecule has 0 bridgehead atoms. The standard InChI is InChI=1S/C27H34FN3O/c28-15-16-32-23-13-14-24-25(17-23)31(22-7-4-8-22)27(26(24)29)20-9-11-21(12-10-20)30-18-19-5-2-1-3-6-19/h9-14,17,19,22,30H,1-8,15-16,18,29H2. The largest absolute Gasteiger partial charge is 0.491 e. The summed E-state index contributed by atoms with van der Waals surface area (Å²) in [4.78, 5) is 0. The maximum Gasteiger partial charge on any atom is 0.123 e. The van der Waals surface area contributed by atoms with Crippen LogP contribution in [0.4, 0.5) is 15.8 Å². The molecule has 0 unspecified atom stereocenters. The van der Waals surface area contributed by atoms with Crippen LogP contribution in [0.5, 0.6) is 5.75 Å². The fourth-order valence-corrected chi connectivity index (χ4v) is 5.28. The molecule has 2 aliphatic rings. The molecule has 3 N–H and O–H groups in total. The van der Waals surface area contributed by atoms with Crippen molar-refractivity contribution in [3.8, 4) is 17.0 Å². The van der Waals surface area contributed by atoms with Crippen molar-refractivity contribution in [2.75, 3.05) is 30.9 Å². The first-order chi connectivity index (χ1) is 15.7. The highest BCUT2D eigenvalue weighted by Crippen LogP contribution is 2.45. The Kier molecular flexibility index (Phi) is 6.24. The number of benzene rings is 2. The van der Waals surface area contributed by atoms with Crippen molar-refractivity contribution < 1.29 is 9.13 Å². The zero-order valence-corrected chi connectivity index (χ0v) is 18.8. The number of ether oxygens (including phenoxy) is 1. The van der Waals surface area contributed by atoms with E-state index in [0.717, 1.165) is 53.2 Å². The van der Waals surface area contributed by atoms with Crippen LogP contribution in [0.15, 0.2) is 42.5 Å². The molecule has 2 saturated carbocycles. The van der Waals surface area contributed by atoms with Gasteiger partial charge in [-0.05, 0) is 62.3 Å². The van der Waals surface area contributed by atoms with Crippen LogP contribution >= 0.6 is 0 Å². The number of aromatic nitrogens is 1. The molecule has 0 amide bonds. The molecule has 5 heteroatoms. The predicted octanol–water partition coefficient (Wildman–Crippen LogP) is 6.96. The normalized spacial score (nSPS) is 17.4. The van der Waals surface area contributed by atoms with Gasteiger partial charge < -0.3 is 20.4 Å². The van der Waals surface area contributed by atoms with Gasteiger partial charge in [-0.3, -0.25) is 0 Å². The first-order valence-corrected chi connectivity index (χ1v) is 12.2. The molecule has 0 radical (unpaired) electrons. The number of fused-ring (bicyclic) bond motifs is 1. The summed E-state index contributed by atoms with van der Waals surface area (Å²) < 4.78 is 20.5. The number of nitrogens with two attached hydrogens (primary N) is 1. The second kappa shape index (κ2) is 9.43. The lowest BCUT2D eigenvalue weighted by atomic mass is 9.89. The Bertz CT molecular complexity index is 1050. The molecule has 1 heterocycles. The predicted molar refractivity (Wildman–Crippen MR) is 131 cm³/mol.